The maximum Gasteiger partial charge on any atom is 0.276 e. The smallest absolute Gasteiger partial charge is 0.276 e. The Labute approximate surface area is 211 Å². The highest BCUT2D eigenvalue weighted by Gasteiger charge is 2.28. The fourth-order valence-corrected chi connectivity index (χ4v) is 4.65. The zero-order valence-electron chi connectivity index (χ0n) is 20.6. The van der Waals surface area contributed by atoms with Crippen LogP contribution in [0.1, 0.15) is 36.8 Å². The van der Waals surface area contributed by atoms with E-state index in [-0.39, 0.29) is 17.8 Å². The van der Waals surface area contributed by atoms with Gasteiger partial charge in [-0.1, -0.05) is 6.07 Å². The van der Waals surface area contributed by atoms with Gasteiger partial charge in [-0.15, -0.1) is 0 Å². The topological polar surface area (TPSA) is 94.3 Å². The molecule has 0 radical (unpaired) electrons. The number of aromatic nitrogens is 4. The molecule has 9 nitrogen and oxygen atoms in total. The summed E-state index contributed by atoms with van der Waals surface area (Å²) in [5.41, 5.74) is 0.646. The van der Waals surface area contributed by atoms with Crippen molar-refractivity contribution in [1.82, 2.24) is 19.6 Å². The van der Waals surface area contributed by atoms with Gasteiger partial charge in [0.1, 0.15) is 11.4 Å². The molecule has 0 saturated carbocycles. The summed E-state index contributed by atoms with van der Waals surface area (Å²) in [6, 6.07) is 9.30. The molecule has 37 heavy (non-hydrogen) atoms. The first kappa shape index (κ1) is 24.6. The summed E-state index contributed by atoms with van der Waals surface area (Å²) in [7, 11) is 1.67. The number of fused-ring (bicyclic) bond motifs is 1. The summed E-state index contributed by atoms with van der Waals surface area (Å²) in [6.07, 6.45) is 2.67. The van der Waals surface area contributed by atoms with Gasteiger partial charge >= 0.3 is 0 Å². The summed E-state index contributed by atoms with van der Waals surface area (Å²) in [4.78, 5) is 27.8. The van der Waals surface area contributed by atoms with Crippen LogP contribution in [0.5, 0.6) is 0 Å². The van der Waals surface area contributed by atoms with Gasteiger partial charge < -0.3 is 15.0 Å². The molecule has 1 saturated heterocycles. The highest BCUT2D eigenvalue weighted by atomic mass is 19.1. The number of halogens is 2. The Morgan fingerprint density at radius 2 is 1.86 bits per heavy atom. The van der Waals surface area contributed by atoms with Crippen molar-refractivity contribution in [2.45, 2.75) is 32.4 Å². The second-order valence-electron chi connectivity index (χ2n) is 9.16. The van der Waals surface area contributed by atoms with Crippen LogP contribution in [0.25, 0.3) is 16.6 Å². The number of hydrogen-bond donors (Lipinski definition) is 1. The van der Waals surface area contributed by atoms with Gasteiger partial charge in [0, 0.05) is 37.7 Å². The van der Waals surface area contributed by atoms with E-state index >= 15 is 0 Å². The predicted octanol–water partition coefficient (Wildman–Crippen LogP) is 3.92. The Morgan fingerprint density at radius 3 is 2.54 bits per heavy atom. The number of amides is 1. The van der Waals surface area contributed by atoms with Gasteiger partial charge in [0.25, 0.3) is 11.5 Å². The maximum absolute atomic E-state index is 14.3. The summed E-state index contributed by atoms with van der Waals surface area (Å²) < 4.78 is 36.7. The minimum absolute atomic E-state index is 0.0554. The molecule has 192 valence electrons. The molecule has 1 aliphatic heterocycles. The van der Waals surface area contributed by atoms with Gasteiger partial charge in [-0.3, -0.25) is 14.3 Å². The van der Waals surface area contributed by atoms with Crippen LogP contribution in [-0.2, 0) is 4.74 Å². The zero-order valence-corrected chi connectivity index (χ0v) is 20.6. The number of carbonyl (C=O) groups is 1. The Hall–Kier alpha value is -4.12. The van der Waals surface area contributed by atoms with Crippen LogP contribution in [0.2, 0.25) is 0 Å². The van der Waals surface area contributed by atoms with Crippen LogP contribution in [0.3, 0.4) is 0 Å². The Bertz CT molecular complexity index is 1530. The third-order valence-corrected chi connectivity index (χ3v) is 6.47. The van der Waals surface area contributed by atoms with Crippen molar-refractivity contribution in [3.8, 4) is 5.69 Å². The first-order valence-corrected chi connectivity index (χ1v) is 11.9. The third kappa shape index (κ3) is 4.46. The van der Waals surface area contributed by atoms with Crippen LogP contribution in [0.4, 0.5) is 20.2 Å². The van der Waals surface area contributed by atoms with E-state index in [1.54, 1.807) is 19.4 Å². The van der Waals surface area contributed by atoms with Crippen molar-refractivity contribution in [2.75, 3.05) is 30.4 Å². The predicted molar refractivity (Wildman–Crippen MR) is 135 cm³/mol. The monoisotopic (exact) mass is 508 g/mol. The first-order chi connectivity index (χ1) is 17.8. The number of anilines is 2. The standard InChI is InChI=1S/C26H26F2N6O3/c1-15(2)33-22-9-7-20(24(17(22)13-29-33)32-12-11-16(14-32)37-3)30-26(36)21-8-10-23(35)34(31-21)25-18(27)5-4-6-19(25)28/h4-10,13,15-16H,11-12,14H2,1-3H3,(H,30,36)/t16-/m1/s1. The van der Waals surface area contributed by atoms with Crippen LogP contribution in [0.15, 0.2) is 53.5 Å². The van der Waals surface area contributed by atoms with Gasteiger partial charge in [-0.05, 0) is 50.6 Å². The van der Waals surface area contributed by atoms with E-state index in [0.29, 0.717) is 16.9 Å². The molecule has 11 heteroatoms. The number of benzene rings is 2. The lowest BCUT2D eigenvalue weighted by Crippen LogP contribution is -2.27. The fourth-order valence-electron chi connectivity index (χ4n) is 4.65. The lowest BCUT2D eigenvalue weighted by Gasteiger charge is -2.23. The van der Waals surface area contributed by atoms with Crippen LogP contribution in [0, 0.1) is 11.6 Å². The average Bonchev–Trinajstić information content (AvgIpc) is 3.52. The van der Waals surface area contributed by atoms with E-state index < -0.39 is 28.8 Å². The number of rotatable bonds is 6. The van der Waals surface area contributed by atoms with Crippen molar-refractivity contribution in [3.05, 3.63) is 76.3 Å². The molecule has 1 amide bonds. The van der Waals surface area contributed by atoms with Crippen LogP contribution in [-0.4, -0.2) is 51.8 Å². The molecule has 1 fully saturated rings. The Balaban J connectivity index is 1.55. The number of nitrogens with one attached hydrogen (secondary N) is 1. The lowest BCUT2D eigenvalue weighted by atomic mass is 10.1. The van der Waals surface area contributed by atoms with Gasteiger partial charge in [0.05, 0.1) is 29.2 Å². The second-order valence-corrected chi connectivity index (χ2v) is 9.16. The molecule has 0 aliphatic carbocycles. The first-order valence-electron chi connectivity index (χ1n) is 11.9. The maximum atomic E-state index is 14.3. The van der Waals surface area contributed by atoms with E-state index in [9.17, 15) is 18.4 Å². The fraction of sp³-hybridized carbons (Fsp3) is 0.308. The molecule has 1 atom stereocenters. The minimum Gasteiger partial charge on any atom is -0.380 e. The van der Waals surface area contributed by atoms with Crippen LogP contribution >= 0.6 is 0 Å². The summed E-state index contributed by atoms with van der Waals surface area (Å²) in [5, 5.41) is 12.2. The molecule has 0 bridgehead atoms. The van der Waals surface area contributed by atoms with Crippen molar-refractivity contribution in [3.63, 3.8) is 0 Å². The van der Waals surface area contributed by atoms with Crippen molar-refractivity contribution >= 4 is 28.2 Å². The lowest BCUT2D eigenvalue weighted by molar-refractivity contribution is 0.102. The molecule has 1 N–H and O–H groups in total. The third-order valence-electron chi connectivity index (χ3n) is 6.47. The van der Waals surface area contributed by atoms with E-state index in [2.05, 4.69) is 20.4 Å². The van der Waals surface area contributed by atoms with Crippen molar-refractivity contribution in [1.29, 1.82) is 0 Å². The van der Waals surface area contributed by atoms with Gasteiger partial charge in [0.15, 0.2) is 11.6 Å². The van der Waals surface area contributed by atoms with Crippen molar-refractivity contribution in [2.24, 2.45) is 0 Å². The number of hydrogen-bond acceptors (Lipinski definition) is 6. The van der Waals surface area contributed by atoms with Crippen LogP contribution < -0.4 is 15.8 Å². The minimum atomic E-state index is -0.969. The van der Waals surface area contributed by atoms with E-state index in [0.717, 1.165) is 47.8 Å². The summed E-state index contributed by atoms with van der Waals surface area (Å²) in [6.45, 7) is 5.44. The number of ether oxygens (including phenoxy) is 1. The van der Waals surface area contributed by atoms with Crippen molar-refractivity contribution < 1.29 is 18.3 Å². The molecule has 0 unspecified atom stereocenters. The molecule has 1 aliphatic rings. The molecular weight excluding hydrogens is 482 g/mol. The average molecular weight is 509 g/mol. The molecule has 2 aromatic heterocycles. The molecule has 2 aromatic carbocycles. The number of carbonyl (C=O) groups excluding carboxylic acids is 1. The van der Waals surface area contributed by atoms with Gasteiger partial charge in [0.2, 0.25) is 0 Å². The normalized spacial score (nSPS) is 15.6. The Kier molecular flexibility index (Phi) is 6.46. The van der Waals surface area contributed by atoms with E-state index in [1.807, 2.05) is 24.6 Å². The largest absolute Gasteiger partial charge is 0.380 e. The molecule has 3 heterocycles. The van der Waals surface area contributed by atoms with E-state index in [1.165, 1.54) is 12.1 Å². The number of para-hydroxylation sites is 1. The van der Waals surface area contributed by atoms with Gasteiger partial charge in [-0.25, -0.2) is 8.78 Å². The highest BCUT2D eigenvalue weighted by molar-refractivity contribution is 6.08. The summed E-state index contributed by atoms with van der Waals surface area (Å²) in [5.74, 6) is -2.57. The number of nitrogens with zero attached hydrogens (tertiary/aromatic N) is 5. The number of methoxy groups -OCH3 is 1. The highest BCUT2D eigenvalue weighted by Crippen LogP contribution is 2.38. The Morgan fingerprint density at radius 1 is 1.11 bits per heavy atom. The molecule has 0 spiro atoms. The molecule has 5 rings (SSSR count). The molecular formula is C26H26F2N6O3. The van der Waals surface area contributed by atoms with E-state index in [4.69, 9.17) is 4.74 Å². The SMILES string of the molecule is CO[C@@H]1CCN(c2c(NC(=O)c3ccc(=O)n(-c4c(F)cccc4F)n3)ccc3c2cnn3C(C)C)C1. The van der Waals surface area contributed by atoms with Gasteiger partial charge in [-0.2, -0.15) is 14.9 Å². The quantitative estimate of drug-likeness (QED) is 0.424. The zero-order chi connectivity index (χ0) is 26.3. The summed E-state index contributed by atoms with van der Waals surface area (Å²) >= 11 is 0. The molecule has 4 aromatic rings. The second kappa shape index (κ2) is 9.74.